The van der Waals surface area contributed by atoms with E-state index in [0.29, 0.717) is 28.9 Å². The summed E-state index contributed by atoms with van der Waals surface area (Å²) < 4.78 is 0.879. The third-order valence-corrected chi connectivity index (χ3v) is 10.6. The quantitative estimate of drug-likeness (QED) is 0.344. The third-order valence-electron chi connectivity index (χ3n) is 9.89. The monoisotopic (exact) mass is 579 g/mol. The van der Waals surface area contributed by atoms with E-state index in [1.54, 1.807) is 0 Å². The van der Waals surface area contributed by atoms with Crippen LogP contribution in [0.2, 0.25) is 10.0 Å². The van der Waals surface area contributed by atoms with E-state index >= 15 is 0 Å². The minimum absolute atomic E-state index is 0.184. The minimum atomic E-state index is -0.373. The number of hydrogen-bond donors (Lipinski definition) is 2. The molecule has 1 amide bonds. The van der Waals surface area contributed by atoms with Crippen LogP contribution in [0.4, 0.5) is 0 Å². The van der Waals surface area contributed by atoms with Crippen LogP contribution in [0.25, 0.3) is 0 Å². The molecule has 2 heterocycles. The standard InChI is InChI=1S/C31H49Cl2N4O2/c1-36(2)30(39)31(14-16-34-17-15-31)37(18-7-4-8-19-37)20-13-26(25-11-12-27(32)28(33)21-25)22-35-23-29(38)24-9-5-3-6-10-24/h11-12,21,24,26,34-35H,3-10,13-20,22-23H2,1-2H3/q+1. The normalized spacial score (nSPS) is 22.3. The van der Waals surface area contributed by atoms with Gasteiger partial charge in [-0.1, -0.05) is 48.5 Å². The number of piperidine rings is 2. The lowest BCUT2D eigenvalue weighted by molar-refractivity contribution is -0.972. The van der Waals surface area contributed by atoms with Gasteiger partial charge in [0.2, 0.25) is 0 Å². The fourth-order valence-corrected chi connectivity index (χ4v) is 7.93. The fourth-order valence-electron chi connectivity index (χ4n) is 7.63. The summed E-state index contributed by atoms with van der Waals surface area (Å²) in [5.74, 6) is 1.04. The maximum Gasteiger partial charge on any atom is 0.283 e. The van der Waals surface area contributed by atoms with Gasteiger partial charge in [0.15, 0.2) is 5.54 Å². The van der Waals surface area contributed by atoms with E-state index in [9.17, 15) is 9.59 Å². The van der Waals surface area contributed by atoms with Crippen LogP contribution in [-0.2, 0) is 9.59 Å². The molecule has 2 aliphatic heterocycles. The number of carbonyl (C=O) groups excluding carboxylic acids is 2. The molecule has 0 aromatic heterocycles. The van der Waals surface area contributed by atoms with Crippen LogP contribution >= 0.6 is 23.2 Å². The summed E-state index contributed by atoms with van der Waals surface area (Å²) in [5, 5.41) is 8.16. The zero-order valence-electron chi connectivity index (χ0n) is 24.1. The summed E-state index contributed by atoms with van der Waals surface area (Å²) in [6, 6.07) is 5.95. The number of halogens is 2. The van der Waals surface area contributed by atoms with Crippen molar-refractivity contribution in [2.24, 2.45) is 5.92 Å². The van der Waals surface area contributed by atoms with Crippen molar-refractivity contribution in [1.82, 2.24) is 15.5 Å². The van der Waals surface area contributed by atoms with Gasteiger partial charge < -0.3 is 20.0 Å². The Morgan fingerprint density at radius 3 is 2.33 bits per heavy atom. The second kappa shape index (κ2) is 14.1. The molecule has 2 saturated heterocycles. The molecule has 1 atom stereocenters. The van der Waals surface area contributed by atoms with Gasteiger partial charge in [-0.25, -0.2) is 0 Å². The summed E-state index contributed by atoms with van der Waals surface area (Å²) in [6.07, 6.45) is 11.9. The smallest absolute Gasteiger partial charge is 0.283 e. The molecule has 0 radical (unpaired) electrons. The predicted octanol–water partition coefficient (Wildman–Crippen LogP) is 5.42. The molecule has 2 N–H and O–H groups in total. The molecule has 0 bridgehead atoms. The highest BCUT2D eigenvalue weighted by molar-refractivity contribution is 6.42. The number of nitrogens with zero attached hydrogens (tertiary/aromatic N) is 2. The Hall–Kier alpha value is -1.18. The Morgan fingerprint density at radius 2 is 1.69 bits per heavy atom. The van der Waals surface area contributed by atoms with Crippen molar-refractivity contribution in [3.05, 3.63) is 33.8 Å². The number of likely N-dealkylation sites (N-methyl/N-ethyl adjacent to an activating group) is 1. The number of nitrogens with one attached hydrogen (secondary N) is 2. The first-order valence-corrected chi connectivity index (χ1v) is 16.0. The lowest BCUT2D eigenvalue weighted by atomic mass is 9.79. The third kappa shape index (κ3) is 7.19. The molecule has 3 fully saturated rings. The van der Waals surface area contributed by atoms with Gasteiger partial charge in [0.1, 0.15) is 5.78 Å². The summed E-state index contributed by atoms with van der Waals surface area (Å²) in [6.45, 7) is 5.98. The van der Waals surface area contributed by atoms with Crippen molar-refractivity contribution in [3.8, 4) is 0 Å². The number of benzene rings is 1. The highest BCUT2D eigenvalue weighted by Crippen LogP contribution is 2.40. The maximum absolute atomic E-state index is 13.9. The van der Waals surface area contributed by atoms with Crippen LogP contribution in [0.3, 0.4) is 0 Å². The maximum atomic E-state index is 13.9. The van der Waals surface area contributed by atoms with Crippen LogP contribution in [0.1, 0.15) is 82.1 Å². The van der Waals surface area contributed by atoms with Gasteiger partial charge in [0, 0.05) is 64.8 Å². The lowest BCUT2D eigenvalue weighted by Gasteiger charge is -2.56. The van der Waals surface area contributed by atoms with E-state index < -0.39 is 0 Å². The SMILES string of the molecule is CN(C)C(=O)C1([N+]2(CCC(CNCC(=O)C3CCCCC3)c3ccc(Cl)c(Cl)c3)CCCCC2)CCNCC1. The van der Waals surface area contributed by atoms with E-state index in [1.165, 1.54) is 38.5 Å². The van der Waals surface area contributed by atoms with Crippen molar-refractivity contribution >= 4 is 34.9 Å². The zero-order chi connectivity index (χ0) is 27.9. The topological polar surface area (TPSA) is 61.4 Å². The first kappa shape index (κ1) is 30.8. The predicted molar refractivity (Wildman–Crippen MR) is 161 cm³/mol. The number of Topliss-reactive ketones (excluding diaryl/α,β-unsaturated/α-hetero) is 1. The van der Waals surface area contributed by atoms with Crippen molar-refractivity contribution in [3.63, 3.8) is 0 Å². The molecule has 4 rings (SSSR count). The van der Waals surface area contributed by atoms with Crippen LogP contribution in [0, 0.1) is 5.92 Å². The van der Waals surface area contributed by atoms with E-state index in [2.05, 4.69) is 16.7 Å². The number of carbonyl (C=O) groups is 2. The number of hydrogen-bond acceptors (Lipinski definition) is 4. The van der Waals surface area contributed by atoms with Crippen molar-refractivity contribution in [2.75, 3.05) is 59.9 Å². The average molecular weight is 581 g/mol. The second-order valence-corrected chi connectivity index (χ2v) is 13.3. The number of ketones is 1. The van der Waals surface area contributed by atoms with Crippen LogP contribution in [0.5, 0.6) is 0 Å². The molecule has 1 aromatic rings. The van der Waals surface area contributed by atoms with Crippen molar-refractivity contribution < 1.29 is 14.1 Å². The van der Waals surface area contributed by atoms with E-state index in [-0.39, 0.29) is 23.3 Å². The summed E-state index contributed by atoms with van der Waals surface area (Å²) in [7, 11) is 3.83. The summed E-state index contributed by atoms with van der Waals surface area (Å²) in [4.78, 5) is 28.7. The fraction of sp³-hybridized carbons (Fsp3) is 0.742. The number of rotatable bonds is 11. The van der Waals surface area contributed by atoms with Crippen LogP contribution in [-0.4, -0.2) is 86.5 Å². The lowest BCUT2D eigenvalue weighted by Crippen LogP contribution is -2.74. The molecule has 8 heteroatoms. The van der Waals surface area contributed by atoms with Crippen molar-refractivity contribution in [1.29, 1.82) is 0 Å². The number of amides is 1. The molecule has 0 spiro atoms. The zero-order valence-corrected chi connectivity index (χ0v) is 25.6. The van der Waals surface area contributed by atoms with Gasteiger partial charge in [-0.05, 0) is 49.8 Å². The molecular formula is C31H49Cl2N4O2+. The molecular weight excluding hydrogens is 531 g/mol. The van der Waals surface area contributed by atoms with E-state index in [0.717, 1.165) is 74.9 Å². The summed E-state index contributed by atoms with van der Waals surface area (Å²) >= 11 is 12.8. The highest BCUT2D eigenvalue weighted by atomic mass is 35.5. The van der Waals surface area contributed by atoms with Gasteiger partial charge in [0.05, 0.1) is 36.2 Å². The van der Waals surface area contributed by atoms with Crippen LogP contribution < -0.4 is 10.6 Å². The molecule has 1 aliphatic carbocycles. The average Bonchev–Trinajstić information content (AvgIpc) is 2.97. The minimum Gasteiger partial charge on any atom is -0.343 e. The molecule has 218 valence electrons. The Morgan fingerprint density at radius 1 is 1.03 bits per heavy atom. The Kier molecular flexibility index (Phi) is 11.1. The van der Waals surface area contributed by atoms with E-state index in [4.69, 9.17) is 23.2 Å². The Balaban J connectivity index is 1.54. The van der Waals surface area contributed by atoms with Gasteiger partial charge in [0.25, 0.3) is 5.91 Å². The van der Waals surface area contributed by atoms with Crippen molar-refractivity contribution in [2.45, 2.75) is 82.1 Å². The summed E-state index contributed by atoms with van der Waals surface area (Å²) in [5.41, 5.74) is 0.775. The second-order valence-electron chi connectivity index (χ2n) is 12.4. The molecule has 1 saturated carbocycles. The first-order chi connectivity index (χ1) is 18.8. The Labute approximate surface area is 245 Å². The van der Waals surface area contributed by atoms with Gasteiger partial charge in [-0.2, -0.15) is 0 Å². The van der Waals surface area contributed by atoms with Gasteiger partial charge in [-0.15, -0.1) is 0 Å². The molecule has 3 aliphatic rings. The first-order valence-electron chi connectivity index (χ1n) is 15.2. The molecule has 6 nitrogen and oxygen atoms in total. The Bertz CT molecular complexity index is 967. The number of quaternary nitrogens is 1. The highest BCUT2D eigenvalue weighted by Gasteiger charge is 2.57. The molecule has 39 heavy (non-hydrogen) atoms. The van der Waals surface area contributed by atoms with Crippen LogP contribution in [0.15, 0.2) is 18.2 Å². The largest absolute Gasteiger partial charge is 0.343 e. The van der Waals surface area contributed by atoms with Gasteiger partial charge in [-0.3, -0.25) is 9.59 Å². The number of likely N-dealkylation sites (tertiary alicyclic amines) is 1. The molecule has 1 aromatic carbocycles. The van der Waals surface area contributed by atoms with E-state index in [1.807, 2.05) is 31.1 Å². The molecule has 1 unspecified atom stereocenters. The van der Waals surface area contributed by atoms with Gasteiger partial charge >= 0.3 is 0 Å².